The molecule has 10 heteroatoms. The van der Waals surface area contributed by atoms with E-state index >= 15 is 0 Å². The first-order chi connectivity index (χ1) is 35.8. The summed E-state index contributed by atoms with van der Waals surface area (Å²) in [6.07, 6.45) is 80.6. The van der Waals surface area contributed by atoms with Gasteiger partial charge in [0.2, 0.25) is 0 Å². The molecule has 0 amide bonds. The van der Waals surface area contributed by atoms with Gasteiger partial charge in [-0.1, -0.05) is 231 Å². The average Bonchev–Trinajstić information content (AvgIpc) is 3.38. The van der Waals surface area contributed by atoms with E-state index in [0.717, 1.165) is 128 Å². The minimum Gasteiger partial charge on any atom is -0.462 e. The van der Waals surface area contributed by atoms with Crippen LogP contribution in [0.15, 0.2) is 134 Å². The van der Waals surface area contributed by atoms with E-state index in [1.54, 1.807) is 0 Å². The van der Waals surface area contributed by atoms with E-state index in [4.69, 9.17) is 24.3 Å². The number of carbonyl (C=O) groups is 2. The minimum absolute atomic E-state index is 0.0436. The first-order valence-corrected chi connectivity index (χ1v) is 30.2. The number of hydrogen-bond donors (Lipinski definition) is 2. The summed E-state index contributed by atoms with van der Waals surface area (Å²) in [6.45, 7) is 3.49. The molecule has 0 spiro atoms. The molecule has 0 aliphatic heterocycles. The Kier molecular flexibility index (Phi) is 54.4. The van der Waals surface area contributed by atoms with Gasteiger partial charge in [-0.25, -0.2) is 4.57 Å². The maximum Gasteiger partial charge on any atom is 0.472 e. The van der Waals surface area contributed by atoms with E-state index in [9.17, 15) is 19.0 Å². The highest BCUT2D eigenvalue weighted by molar-refractivity contribution is 7.47. The Hall–Kier alpha value is -3.85. The number of allylic oxidation sites excluding steroid dienone is 22. The molecule has 0 saturated carbocycles. The summed E-state index contributed by atoms with van der Waals surface area (Å²) < 4.78 is 33.0. The highest BCUT2D eigenvalue weighted by atomic mass is 31.2. The number of carbonyl (C=O) groups excluding carboxylic acids is 2. The van der Waals surface area contributed by atoms with Gasteiger partial charge in [0.05, 0.1) is 13.2 Å². The minimum atomic E-state index is -4.40. The molecule has 0 aliphatic rings. The van der Waals surface area contributed by atoms with E-state index in [2.05, 4.69) is 148 Å². The highest BCUT2D eigenvalue weighted by Crippen LogP contribution is 2.43. The van der Waals surface area contributed by atoms with Crippen molar-refractivity contribution in [3.63, 3.8) is 0 Å². The van der Waals surface area contributed by atoms with Crippen molar-refractivity contribution < 1.29 is 37.6 Å². The zero-order valence-electron chi connectivity index (χ0n) is 46.1. The molecule has 414 valence electrons. The normalized spacial score (nSPS) is 14.1. The van der Waals surface area contributed by atoms with Crippen LogP contribution in [0.4, 0.5) is 0 Å². The number of nitrogens with two attached hydrogens (primary N) is 1. The number of esters is 2. The van der Waals surface area contributed by atoms with Crippen LogP contribution in [-0.4, -0.2) is 49.3 Å². The van der Waals surface area contributed by atoms with Gasteiger partial charge in [0.25, 0.3) is 0 Å². The number of phosphoric ester groups is 1. The molecular formula is C63H104NO8P. The third-order valence-corrected chi connectivity index (χ3v) is 12.5. The van der Waals surface area contributed by atoms with Crippen molar-refractivity contribution in [3.8, 4) is 0 Å². The zero-order chi connectivity index (χ0) is 53.1. The van der Waals surface area contributed by atoms with Gasteiger partial charge in [-0.05, 0) is 109 Å². The molecule has 2 unspecified atom stereocenters. The molecule has 2 atom stereocenters. The number of ether oxygens (including phenoxy) is 2. The predicted molar refractivity (Wildman–Crippen MR) is 311 cm³/mol. The van der Waals surface area contributed by atoms with Gasteiger partial charge < -0.3 is 20.1 Å². The molecule has 0 fully saturated rings. The van der Waals surface area contributed by atoms with Gasteiger partial charge in [-0.15, -0.1) is 0 Å². The predicted octanol–water partition coefficient (Wildman–Crippen LogP) is 18.2. The Morgan fingerprint density at radius 3 is 1.05 bits per heavy atom. The average molecular weight is 1030 g/mol. The van der Waals surface area contributed by atoms with Crippen molar-refractivity contribution in [3.05, 3.63) is 134 Å². The van der Waals surface area contributed by atoms with Crippen molar-refractivity contribution in [2.75, 3.05) is 26.4 Å². The van der Waals surface area contributed by atoms with E-state index in [-0.39, 0.29) is 32.6 Å². The lowest BCUT2D eigenvalue weighted by Gasteiger charge is -2.19. The SMILES string of the molecule is CC/C=C\C/C=C\C/C=C\C/C=C\C/C=C\C/C=C\CCCCCCCCCCC(=O)OC(COC(=O)CCCCCCCCCCC/C=C\C/C=C\C/C=C\C/C=C\C/C=C\CC)COP(=O)(O)OCCN. The second-order valence-corrected chi connectivity index (χ2v) is 19.8. The Bertz CT molecular complexity index is 1650. The van der Waals surface area contributed by atoms with Crippen LogP contribution >= 0.6 is 7.82 Å². The standard InChI is InChI=1S/C63H104NO8P/c1-3-5-7-9-11-13-15-17-19-21-23-25-27-29-30-32-34-36-38-40-42-44-46-48-50-52-54-56-63(66)72-61(60-71-73(67,68)70-58-57-64)59-69-62(65)55-53-51-49-47-45-43-41-39-37-35-33-31-28-26-24-22-20-18-16-14-12-10-8-6-4-2/h5-8,11-14,17-20,23-26,29-31,33-34,36,61H,3-4,9-10,15-16,21-22,27-28,32,35,37-60,64H2,1-2H3,(H,67,68)/b7-5-,8-6-,13-11-,14-12-,19-17-,20-18-,25-23-,26-24-,30-29-,33-31-,36-34-. The summed E-state index contributed by atoms with van der Waals surface area (Å²) in [5.41, 5.74) is 5.38. The molecule has 3 N–H and O–H groups in total. The highest BCUT2D eigenvalue weighted by Gasteiger charge is 2.26. The first-order valence-electron chi connectivity index (χ1n) is 28.7. The Morgan fingerprint density at radius 2 is 0.712 bits per heavy atom. The summed E-state index contributed by atoms with van der Waals surface area (Å²) in [5, 5.41) is 0. The number of rotatable bonds is 52. The van der Waals surface area contributed by atoms with Gasteiger partial charge in [0.15, 0.2) is 6.10 Å². The van der Waals surface area contributed by atoms with Crippen LogP contribution in [0.3, 0.4) is 0 Å². The molecule has 0 bridgehead atoms. The molecule has 73 heavy (non-hydrogen) atoms. The molecule has 0 rings (SSSR count). The number of hydrogen-bond acceptors (Lipinski definition) is 8. The topological polar surface area (TPSA) is 134 Å². The van der Waals surface area contributed by atoms with Gasteiger partial charge in [0, 0.05) is 19.4 Å². The van der Waals surface area contributed by atoms with E-state index in [0.29, 0.717) is 6.42 Å². The maximum atomic E-state index is 12.7. The molecule has 0 heterocycles. The van der Waals surface area contributed by atoms with Crippen LogP contribution in [0.2, 0.25) is 0 Å². The smallest absolute Gasteiger partial charge is 0.462 e. The molecule has 0 saturated heterocycles. The van der Waals surface area contributed by atoms with Gasteiger partial charge in [0.1, 0.15) is 6.61 Å². The fourth-order valence-corrected chi connectivity index (χ4v) is 8.14. The Morgan fingerprint density at radius 1 is 0.411 bits per heavy atom. The summed E-state index contributed by atoms with van der Waals surface area (Å²) >= 11 is 0. The maximum absolute atomic E-state index is 12.7. The monoisotopic (exact) mass is 1030 g/mol. The van der Waals surface area contributed by atoms with Crippen molar-refractivity contribution >= 4 is 19.8 Å². The van der Waals surface area contributed by atoms with E-state index < -0.39 is 32.5 Å². The van der Waals surface area contributed by atoms with E-state index in [1.807, 2.05) is 0 Å². The summed E-state index contributed by atoms with van der Waals surface area (Å²) in [4.78, 5) is 35.2. The first kappa shape index (κ1) is 69.2. The number of unbranched alkanes of at least 4 members (excludes halogenated alkanes) is 17. The molecule has 0 aliphatic carbocycles. The van der Waals surface area contributed by atoms with Gasteiger partial charge >= 0.3 is 19.8 Å². The Balaban J connectivity index is 4.07. The third kappa shape index (κ3) is 57.3. The fourth-order valence-electron chi connectivity index (χ4n) is 7.37. The summed E-state index contributed by atoms with van der Waals surface area (Å²) in [6, 6.07) is 0. The van der Waals surface area contributed by atoms with Crippen LogP contribution in [0.5, 0.6) is 0 Å². The van der Waals surface area contributed by atoms with Crippen LogP contribution in [0.1, 0.15) is 219 Å². The lowest BCUT2D eigenvalue weighted by molar-refractivity contribution is -0.161. The molecule has 0 aromatic heterocycles. The van der Waals surface area contributed by atoms with Gasteiger partial charge in [-0.3, -0.25) is 18.6 Å². The lowest BCUT2D eigenvalue weighted by atomic mass is 10.1. The molecule has 9 nitrogen and oxygen atoms in total. The van der Waals surface area contributed by atoms with Gasteiger partial charge in [-0.2, -0.15) is 0 Å². The lowest BCUT2D eigenvalue weighted by Crippen LogP contribution is -2.29. The van der Waals surface area contributed by atoms with Crippen LogP contribution in [-0.2, 0) is 32.7 Å². The number of phosphoric acid groups is 1. The fraction of sp³-hybridized carbons (Fsp3) is 0.619. The Labute approximate surface area is 446 Å². The van der Waals surface area contributed by atoms with E-state index in [1.165, 1.54) is 57.8 Å². The van der Waals surface area contributed by atoms with Crippen molar-refractivity contribution in [2.24, 2.45) is 5.73 Å². The van der Waals surface area contributed by atoms with Crippen molar-refractivity contribution in [2.45, 2.75) is 225 Å². The second kappa shape index (κ2) is 57.4. The largest absolute Gasteiger partial charge is 0.472 e. The quantitative estimate of drug-likeness (QED) is 0.0264. The molecule has 0 aromatic rings. The van der Waals surface area contributed by atoms with Crippen LogP contribution < -0.4 is 5.73 Å². The summed E-state index contributed by atoms with van der Waals surface area (Å²) in [7, 11) is -4.40. The molecular weight excluding hydrogens is 930 g/mol. The van der Waals surface area contributed by atoms with Crippen LogP contribution in [0, 0.1) is 0 Å². The molecule has 0 aromatic carbocycles. The third-order valence-electron chi connectivity index (χ3n) is 11.5. The zero-order valence-corrected chi connectivity index (χ0v) is 47.0. The van der Waals surface area contributed by atoms with Crippen molar-refractivity contribution in [1.82, 2.24) is 0 Å². The van der Waals surface area contributed by atoms with Crippen LogP contribution in [0.25, 0.3) is 0 Å². The molecule has 0 radical (unpaired) electrons. The second-order valence-electron chi connectivity index (χ2n) is 18.4. The summed E-state index contributed by atoms with van der Waals surface area (Å²) in [5.74, 6) is -0.853. The van der Waals surface area contributed by atoms with Crippen molar-refractivity contribution in [1.29, 1.82) is 0 Å².